The maximum Gasteiger partial charge on any atom is 0.234 e. The van der Waals surface area contributed by atoms with Crippen molar-refractivity contribution in [1.29, 1.82) is 0 Å². The van der Waals surface area contributed by atoms with E-state index in [2.05, 4.69) is 39.2 Å². The van der Waals surface area contributed by atoms with Crippen molar-refractivity contribution in [3.8, 4) is 0 Å². The molecular weight excluding hydrogens is 282 g/mol. The van der Waals surface area contributed by atoms with Crippen molar-refractivity contribution in [2.45, 2.75) is 33.7 Å². The first-order chi connectivity index (χ1) is 10.6. The van der Waals surface area contributed by atoms with Gasteiger partial charge in [-0.05, 0) is 5.92 Å². The fraction of sp³-hybridized carbons (Fsp3) is 0.800. The van der Waals surface area contributed by atoms with Crippen LogP contribution in [0.25, 0.3) is 0 Å². The van der Waals surface area contributed by atoms with E-state index in [0.29, 0.717) is 30.8 Å². The van der Waals surface area contributed by atoms with Crippen LogP contribution in [0, 0.1) is 5.92 Å². The van der Waals surface area contributed by atoms with Gasteiger partial charge in [-0.25, -0.2) is 0 Å². The summed E-state index contributed by atoms with van der Waals surface area (Å²) in [5, 5.41) is 11.0. The van der Waals surface area contributed by atoms with E-state index in [1.807, 2.05) is 6.92 Å². The highest BCUT2D eigenvalue weighted by molar-refractivity contribution is 5.78. The van der Waals surface area contributed by atoms with E-state index in [1.54, 1.807) is 0 Å². The van der Waals surface area contributed by atoms with E-state index in [0.717, 1.165) is 39.1 Å². The predicted octanol–water partition coefficient (Wildman–Crippen LogP) is 0.522. The van der Waals surface area contributed by atoms with Crippen LogP contribution < -0.4 is 5.32 Å². The third-order valence-electron chi connectivity index (χ3n) is 3.71. The zero-order chi connectivity index (χ0) is 15.9. The van der Waals surface area contributed by atoms with Gasteiger partial charge in [-0.1, -0.05) is 20.8 Å². The number of nitrogens with zero attached hydrogens (tertiary/aromatic N) is 4. The summed E-state index contributed by atoms with van der Waals surface area (Å²) < 4.78 is 5.54. The Morgan fingerprint density at radius 3 is 2.41 bits per heavy atom. The van der Waals surface area contributed by atoms with Crippen molar-refractivity contribution in [3.63, 3.8) is 0 Å². The molecule has 22 heavy (non-hydrogen) atoms. The smallest absolute Gasteiger partial charge is 0.234 e. The van der Waals surface area contributed by atoms with Gasteiger partial charge >= 0.3 is 0 Å². The summed E-state index contributed by atoms with van der Waals surface area (Å²) in [6, 6.07) is 0. The first-order valence-electron chi connectivity index (χ1n) is 8.09. The molecule has 0 spiro atoms. The molecule has 124 valence electrons. The van der Waals surface area contributed by atoms with Crippen molar-refractivity contribution in [2.24, 2.45) is 5.92 Å². The number of carbonyl (C=O) groups is 1. The van der Waals surface area contributed by atoms with Crippen LogP contribution in [0.2, 0.25) is 0 Å². The molecule has 7 heteroatoms. The number of hydrogen-bond donors (Lipinski definition) is 1. The molecule has 1 N–H and O–H groups in total. The number of aromatic nitrogens is 2. The second kappa shape index (κ2) is 8.24. The van der Waals surface area contributed by atoms with Crippen molar-refractivity contribution < 1.29 is 9.21 Å². The fourth-order valence-electron chi connectivity index (χ4n) is 2.37. The van der Waals surface area contributed by atoms with Crippen LogP contribution >= 0.6 is 0 Å². The third-order valence-corrected chi connectivity index (χ3v) is 3.71. The molecule has 0 aromatic carbocycles. The lowest BCUT2D eigenvalue weighted by Gasteiger charge is -2.33. The number of amides is 1. The van der Waals surface area contributed by atoms with Crippen molar-refractivity contribution in [2.75, 3.05) is 39.3 Å². The van der Waals surface area contributed by atoms with E-state index in [4.69, 9.17) is 4.42 Å². The molecule has 1 fully saturated rings. The van der Waals surface area contributed by atoms with Gasteiger partial charge in [0.2, 0.25) is 17.7 Å². The first-order valence-corrected chi connectivity index (χ1v) is 8.09. The minimum atomic E-state index is 0.117. The molecule has 2 heterocycles. The predicted molar refractivity (Wildman–Crippen MR) is 83.2 cm³/mol. The number of carbonyl (C=O) groups excluding carboxylic acids is 1. The maximum absolute atomic E-state index is 11.8. The molecule has 1 aliphatic heterocycles. The van der Waals surface area contributed by atoms with Gasteiger partial charge in [-0.3, -0.25) is 14.6 Å². The van der Waals surface area contributed by atoms with Gasteiger partial charge < -0.3 is 9.73 Å². The zero-order valence-corrected chi connectivity index (χ0v) is 13.8. The molecule has 0 saturated carbocycles. The first kappa shape index (κ1) is 16.9. The van der Waals surface area contributed by atoms with Gasteiger partial charge in [0, 0.05) is 39.1 Å². The highest BCUT2D eigenvalue weighted by atomic mass is 16.4. The van der Waals surface area contributed by atoms with Gasteiger partial charge in [-0.2, -0.15) is 0 Å². The standard InChI is InChI=1S/C15H27N5O2/c1-4-14-17-18-15(22-14)11-20-7-5-19(6-8-20)10-13(21)16-9-12(2)3/h12H,4-11H2,1-3H3,(H,16,21). The molecule has 0 bridgehead atoms. The average molecular weight is 309 g/mol. The maximum atomic E-state index is 11.8. The van der Waals surface area contributed by atoms with Crippen LogP contribution in [0.15, 0.2) is 4.42 Å². The molecule has 0 unspecified atom stereocenters. The molecular formula is C15H27N5O2. The van der Waals surface area contributed by atoms with Crippen LogP contribution in [0.5, 0.6) is 0 Å². The Bertz CT molecular complexity index is 466. The summed E-state index contributed by atoms with van der Waals surface area (Å²) in [5.74, 6) is 1.98. The highest BCUT2D eigenvalue weighted by Crippen LogP contribution is 2.08. The Morgan fingerprint density at radius 1 is 1.18 bits per heavy atom. The SMILES string of the molecule is CCc1nnc(CN2CCN(CC(=O)NCC(C)C)CC2)o1. The summed E-state index contributed by atoms with van der Waals surface area (Å²) in [6.45, 7) is 11.7. The van der Waals surface area contributed by atoms with Crippen LogP contribution in [0.1, 0.15) is 32.6 Å². The van der Waals surface area contributed by atoms with Gasteiger partial charge in [0.1, 0.15) is 0 Å². The van der Waals surface area contributed by atoms with E-state index < -0.39 is 0 Å². The van der Waals surface area contributed by atoms with Crippen molar-refractivity contribution in [1.82, 2.24) is 25.3 Å². The Labute approximate surface area is 132 Å². The lowest BCUT2D eigenvalue weighted by atomic mass is 10.2. The van der Waals surface area contributed by atoms with Gasteiger partial charge in [0.15, 0.2) is 0 Å². The Balaban J connectivity index is 1.68. The summed E-state index contributed by atoms with van der Waals surface area (Å²) in [4.78, 5) is 16.3. The molecule has 0 radical (unpaired) electrons. The molecule has 7 nitrogen and oxygen atoms in total. The third kappa shape index (κ3) is 5.38. The molecule has 2 rings (SSSR count). The lowest BCUT2D eigenvalue weighted by Crippen LogP contribution is -2.49. The number of rotatable bonds is 7. The fourth-order valence-corrected chi connectivity index (χ4v) is 2.37. The molecule has 1 aromatic rings. The number of aryl methyl sites for hydroxylation is 1. The van der Waals surface area contributed by atoms with Gasteiger partial charge in [0.25, 0.3) is 0 Å². The van der Waals surface area contributed by atoms with Crippen LogP contribution in [0.4, 0.5) is 0 Å². The second-order valence-electron chi connectivity index (χ2n) is 6.19. The van der Waals surface area contributed by atoms with Crippen molar-refractivity contribution in [3.05, 3.63) is 11.8 Å². The lowest BCUT2D eigenvalue weighted by molar-refractivity contribution is -0.122. The normalized spacial score (nSPS) is 17.1. The molecule has 1 saturated heterocycles. The zero-order valence-electron chi connectivity index (χ0n) is 13.8. The molecule has 1 amide bonds. The largest absolute Gasteiger partial charge is 0.424 e. The monoisotopic (exact) mass is 309 g/mol. The average Bonchev–Trinajstić information content (AvgIpc) is 2.95. The minimum Gasteiger partial charge on any atom is -0.424 e. The molecule has 0 atom stereocenters. The number of nitrogens with one attached hydrogen (secondary N) is 1. The summed E-state index contributed by atoms with van der Waals surface area (Å²) in [5.41, 5.74) is 0. The molecule has 1 aromatic heterocycles. The van der Waals surface area contributed by atoms with Crippen LogP contribution in [0.3, 0.4) is 0 Å². The van der Waals surface area contributed by atoms with E-state index in [-0.39, 0.29) is 5.91 Å². The Kier molecular flexibility index (Phi) is 6.33. The molecule has 1 aliphatic rings. The second-order valence-corrected chi connectivity index (χ2v) is 6.19. The van der Waals surface area contributed by atoms with Gasteiger partial charge in [-0.15, -0.1) is 10.2 Å². The Morgan fingerprint density at radius 2 is 1.82 bits per heavy atom. The Hall–Kier alpha value is -1.47. The van der Waals surface area contributed by atoms with E-state index in [1.165, 1.54) is 0 Å². The topological polar surface area (TPSA) is 74.5 Å². The minimum absolute atomic E-state index is 0.117. The molecule has 0 aliphatic carbocycles. The van der Waals surface area contributed by atoms with Crippen LogP contribution in [-0.2, 0) is 17.8 Å². The van der Waals surface area contributed by atoms with E-state index >= 15 is 0 Å². The van der Waals surface area contributed by atoms with Gasteiger partial charge in [0.05, 0.1) is 13.1 Å². The summed E-state index contributed by atoms with van der Waals surface area (Å²) in [6.07, 6.45) is 0.770. The van der Waals surface area contributed by atoms with E-state index in [9.17, 15) is 4.79 Å². The highest BCUT2D eigenvalue weighted by Gasteiger charge is 2.20. The van der Waals surface area contributed by atoms with Crippen molar-refractivity contribution >= 4 is 5.91 Å². The summed E-state index contributed by atoms with van der Waals surface area (Å²) >= 11 is 0. The summed E-state index contributed by atoms with van der Waals surface area (Å²) in [7, 11) is 0. The number of hydrogen-bond acceptors (Lipinski definition) is 6. The van der Waals surface area contributed by atoms with Crippen LogP contribution in [-0.4, -0.2) is 65.2 Å². The number of piperazine rings is 1. The quantitative estimate of drug-likeness (QED) is 0.791.